The lowest BCUT2D eigenvalue weighted by Gasteiger charge is -2.14. The van der Waals surface area contributed by atoms with E-state index in [-0.39, 0.29) is 6.10 Å². The van der Waals surface area contributed by atoms with E-state index in [4.69, 9.17) is 14.7 Å². The Kier molecular flexibility index (Phi) is 3.89. The topological polar surface area (TPSA) is 47.0 Å². The lowest BCUT2D eigenvalue weighted by Crippen LogP contribution is -2.11. The van der Waals surface area contributed by atoms with Gasteiger partial charge >= 0.3 is 0 Å². The summed E-state index contributed by atoms with van der Waals surface area (Å²) in [6.45, 7) is 5.13. The van der Waals surface area contributed by atoms with Crippen LogP contribution in [0.1, 0.15) is 43.5 Å². The molecule has 2 aromatic heterocycles. The number of thiophene rings is 1. The van der Waals surface area contributed by atoms with E-state index in [0.29, 0.717) is 5.92 Å². The number of ether oxygens (including phenoxy) is 1. The second kappa shape index (κ2) is 5.66. The molecule has 20 heavy (non-hydrogen) atoms. The molecule has 1 aliphatic carbocycles. The van der Waals surface area contributed by atoms with Gasteiger partial charge in [0.25, 0.3) is 0 Å². The first kappa shape index (κ1) is 13.8. The van der Waals surface area contributed by atoms with Crippen LogP contribution < -0.4 is 5.32 Å². The smallest absolute Gasteiger partial charge is 0.161 e. The molecule has 1 atom stereocenters. The maximum Gasteiger partial charge on any atom is 0.161 e. The van der Waals surface area contributed by atoms with Gasteiger partial charge < -0.3 is 10.1 Å². The number of hydrogen-bond donors (Lipinski definition) is 1. The van der Waals surface area contributed by atoms with Crippen LogP contribution in [0.2, 0.25) is 0 Å². The fourth-order valence-electron chi connectivity index (χ4n) is 2.50. The van der Waals surface area contributed by atoms with Crippen LogP contribution in [-0.2, 0) is 11.2 Å². The maximum atomic E-state index is 5.63. The normalized spacial score (nSPS) is 16.6. The molecule has 0 radical (unpaired) electrons. The number of methoxy groups -OCH3 is 1. The summed E-state index contributed by atoms with van der Waals surface area (Å²) in [4.78, 5) is 11.9. The third kappa shape index (κ3) is 2.52. The van der Waals surface area contributed by atoms with Crippen LogP contribution in [0.25, 0.3) is 10.2 Å². The van der Waals surface area contributed by atoms with Crippen molar-refractivity contribution in [3.63, 3.8) is 0 Å². The number of hydrogen-bond acceptors (Lipinski definition) is 5. The van der Waals surface area contributed by atoms with Crippen molar-refractivity contribution in [1.29, 1.82) is 0 Å². The van der Waals surface area contributed by atoms with Crippen LogP contribution in [0.3, 0.4) is 0 Å². The molecule has 108 valence electrons. The monoisotopic (exact) mass is 291 g/mol. The molecule has 2 aromatic rings. The molecule has 0 saturated heterocycles. The van der Waals surface area contributed by atoms with Crippen LogP contribution in [0.5, 0.6) is 0 Å². The van der Waals surface area contributed by atoms with Gasteiger partial charge in [-0.25, -0.2) is 9.97 Å². The molecule has 0 aromatic carbocycles. The number of fused-ring (bicyclic) bond motifs is 1. The standard InChI is InChI=1S/C15H21N3OS/c1-4-10-8-11-13(16-5-2)17-14(18-15(11)20-10)12(19-3)9-6-7-9/h8-9,12H,4-7H2,1-3H3,(H,16,17,18). The Morgan fingerprint density at radius 3 is 2.80 bits per heavy atom. The summed E-state index contributed by atoms with van der Waals surface area (Å²) in [7, 11) is 1.76. The molecule has 0 spiro atoms. The molecule has 2 heterocycles. The molecule has 5 heteroatoms. The summed E-state index contributed by atoms with van der Waals surface area (Å²) < 4.78 is 5.63. The van der Waals surface area contributed by atoms with Gasteiger partial charge in [-0.15, -0.1) is 11.3 Å². The van der Waals surface area contributed by atoms with Gasteiger partial charge in [0.05, 0.1) is 5.39 Å². The van der Waals surface area contributed by atoms with Gasteiger partial charge in [0, 0.05) is 18.5 Å². The van der Waals surface area contributed by atoms with Gasteiger partial charge in [0.15, 0.2) is 5.82 Å². The van der Waals surface area contributed by atoms with Crippen molar-refractivity contribution in [3.05, 3.63) is 16.8 Å². The molecule has 4 nitrogen and oxygen atoms in total. The third-order valence-corrected chi connectivity index (χ3v) is 4.89. The SMILES string of the molecule is CCNc1nc(C(OC)C2CC2)nc2sc(CC)cc12. The van der Waals surface area contributed by atoms with Gasteiger partial charge in [-0.3, -0.25) is 0 Å². The van der Waals surface area contributed by atoms with E-state index >= 15 is 0 Å². The third-order valence-electron chi connectivity index (χ3n) is 3.71. The van der Waals surface area contributed by atoms with Crippen molar-refractivity contribution < 1.29 is 4.74 Å². The number of nitrogens with one attached hydrogen (secondary N) is 1. The fraction of sp³-hybridized carbons (Fsp3) is 0.600. The van der Waals surface area contributed by atoms with E-state index in [1.165, 1.54) is 17.7 Å². The zero-order valence-corrected chi connectivity index (χ0v) is 13.1. The van der Waals surface area contributed by atoms with Gasteiger partial charge in [-0.05, 0) is 38.2 Å². The zero-order chi connectivity index (χ0) is 14.1. The van der Waals surface area contributed by atoms with Crippen LogP contribution in [0.15, 0.2) is 6.07 Å². The van der Waals surface area contributed by atoms with Crippen LogP contribution in [0, 0.1) is 5.92 Å². The first-order valence-electron chi connectivity index (χ1n) is 7.33. The Morgan fingerprint density at radius 1 is 1.40 bits per heavy atom. The van der Waals surface area contributed by atoms with Crippen molar-refractivity contribution in [1.82, 2.24) is 9.97 Å². The van der Waals surface area contributed by atoms with E-state index in [0.717, 1.165) is 34.8 Å². The Bertz CT molecular complexity index is 606. The Hall–Kier alpha value is -1.20. The van der Waals surface area contributed by atoms with Crippen molar-refractivity contribution in [2.24, 2.45) is 5.92 Å². The Balaban J connectivity index is 2.08. The highest BCUT2D eigenvalue weighted by Gasteiger charge is 2.35. The molecule has 0 aliphatic heterocycles. The molecule has 1 fully saturated rings. The predicted octanol–water partition coefficient (Wildman–Crippen LogP) is 3.78. The molecule has 1 saturated carbocycles. The van der Waals surface area contributed by atoms with Gasteiger partial charge in [0.2, 0.25) is 0 Å². The minimum Gasteiger partial charge on any atom is -0.373 e. The van der Waals surface area contributed by atoms with Crippen molar-refractivity contribution in [3.8, 4) is 0 Å². The van der Waals surface area contributed by atoms with Gasteiger partial charge in [0.1, 0.15) is 16.8 Å². The first-order chi connectivity index (χ1) is 9.76. The predicted molar refractivity (Wildman–Crippen MR) is 83.4 cm³/mol. The lowest BCUT2D eigenvalue weighted by molar-refractivity contribution is 0.0776. The highest BCUT2D eigenvalue weighted by atomic mass is 32.1. The Labute approximate surface area is 123 Å². The van der Waals surface area contributed by atoms with Gasteiger partial charge in [-0.2, -0.15) is 0 Å². The quantitative estimate of drug-likeness (QED) is 0.879. The summed E-state index contributed by atoms with van der Waals surface area (Å²) in [5.74, 6) is 2.38. The minimum atomic E-state index is 0.0454. The van der Waals surface area contributed by atoms with E-state index in [1.807, 2.05) is 0 Å². The van der Waals surface area contributed by atoms with Crippen molar-refractivity contribution in [2.75, 3.05) is 19.0 Å². The maximum absolute atomic E-state index is 5.63. The Morgan fingerprint density at radius 2 is 2.20 bits per heavy atom. The van der Waals surface area contributed by atoms with Gasteiger partial charge in [-0.1, -0.05) is 6.92 Å². The zero-order valence-electron chi connectivity index (χ0n) is 12.3. The van der Waals surface area contributed by atoms with E-state index < -0.39 is 0 Å². The highest BCUT2D eigenvalue weighted by Crippen LogP contribution is 2.43. The van der Waals surface area contributed by atoms with Crippen molar-refractivity contribution in [2.45, 2.75) is 39.2 Å². The number of rotatable bonds is 6. The van der Waals surface area contributed by atoms with Crippen LogP contribution >= 0.6 is 11.3 Å². The van der Waals surface area contributed by atoms with E-state index in [2.05, 4.69) is 25.2 Å². The van der Waals surface area contributed by atoms with Crippen molar-refractivity contribution >= 4 is 27.4 Å². The average molecular weight is 291 g/mol. The van der Waals surface area contributed by atoms with E-state index in [1.54, 1.807) is 18.4 Å². The summed E-state index contributed by atoms with van der Waals surface area (Å²) >= 11 is 1.76. The summed E-state index contributed by atoms with van der Waals surface area (Å²) in [6, 6.07) is 2.21. The number of nitrogens with zero attached hydrogens (tertiary/aromatic N) is 2. The summed E-state index contributed by atoms with van der Waals surface area (Å²) in [5.41, 5.74) is 0. The molecule has 1 unspecified atom stereocenters. The number of aromatic nitrogens is 2. The second-order valence-electron chi connectivity index (χ2n) is 5.24. The molecule has 1 N–H and O–H groups in total. The molecular weight excluding hydrogens is 270 g/mol. The molecule has 0 bridgehead atoms. The molecule has 3 rings (SSSR count). The van der Waals surface area contributed by atoms with Crippen LogP contribution in [0.4, 0.5) is 5.82 Å². The lowest BCUT2D eigenvalue weighted by atomic mass is 10.2. The number of anilines is 1. The summed E-state index contributed by atoms with van der Waals surface area (Å²) in [5, 5.41) is 4.51. The molecule has 1 aliphatic rings. The summed E-state index contributed by atoms with van der Waals surface area (Å²) in [6.07, 6.45) is 3.53. The second-order valence-corrected chi connectivity index (χ2v) is 6.35. The van der Waals surface area contributed by atoms with Crippen LogP contribution in [-0.4, -0.2) is 23.6 Å². The minimum absolute atomic E-state index is 0.0454. The van der Waals surface area contributed by atoms with E-state index in [9.17, 15) is 0 Å². The number of aryl methyl sites for hydroxylation is 1. The highest BCUT2D eigenvalue weighted by molar-refractivity contribution is 7.18. The molecular formula is C15H21N3OS. The molecule has 0 amide bonds. The first-order valence-corrected chi connectivity index (χ1v) is 8.15. The largest absolute Gasteiger partial charge is 0.373 e. The fourth-order valence-corrected chi connectivity index (χ4v) is 3.47. The average Bonchev–Trinajstić information content (AvgIpc) is 3.18.